The topological polar surface area (TPSA) is 24.9 Å². The second-order valence-corrected chi connectivity index (χ2v) is 6.34. The maximum absolute atomic E-state index is 13.9. The van der Waals surface area contributed by atoms with Crippen molar-refractivity contribution in [2.24, 2.45) is 0 Å². The molecule has 1 aromatic heterocycles. The molecule has 0 saturated carbocycles. The van der Waals surface area contributed by atoms with Crippen molar-refractivity contribution in [3.8, 4) is 0 Å². The lowest BCUT2D eigenvalue weighted by Gasteiger charge is -2.26. The molecule has 2 nitrogen and oxygen atoms in total. The molecule has 1 N–H and O–H groups in total. The van der Waals surface area contributed by atoms with E-state index in [0.29, 0.717) is 12.1 Å². The molecular weight excluding hydrogens is 319 g/mol. The highest BCUT2D eigenvalue weighted by atomic mass is 79.9. The predicted molar refractivity (Wildman–Crippen MR) is 84.6 cm³/mol. The predicted octanol–water partition coefficient (Wildman–Crippen LogP) is 4.68. The molecule has 0 fully saturated rings. The number of benzene rings is 1. The van der Waals surface area contributed by atoms with Gasteiger partial charge in [0.05, 0.1) is 5.69 Å². The zero-order chi connectivity index (χ0) is 14.8. The smallest absolute Gasteiger partial charge is 0.127 e. The van der Waals surface area contributed by atoms with E-state index in [9.17, 15) is 4.39 Å². The molecule has 0 spiro atoms. The van der Waals surface area contributed by atoms with Gasteiger partial charge in [0.15, 0.2) is 0 Å². The summed E-state index contributed by atoms with van der Waals surface area (Å²) in [5, 5.41) is 3.28. The van der Waals surface area contributed by atoms with E-state index in [0.717, 1.165) is 16.0 Å². The van der Waals surface area contributed by atoms with E-state index in [1.807, 2.05) is 45.0 Å². The van der Waals surface area contributed by atoms with Gasteiger partial charge in [-0.3, -0.25) is 0 Å². The van der Waals surface area contributed by atoms with Gasteiger partial charge in [-0.2, -0.15) is 0 Å². The third-order valence-electron chi connectivity index (χ3n) is 3.34. The number of pyridine rings is 1. The summed E-state index contributed by atoms with van der Waals surface area (Å²) in [5.74, 6) is 0.634. The summed E-state index contributed by atoms with van der Waals surface area (Å²) in [6, 6.07) is 10.8. The van der Waals surface area contributed by atoms with Crippen LogP contribution in [0, 0.1) is 12.7 Å². The van der Waals surface area contributed by atoms with Gasteiger partial charge in [0.25, 0.3) is 0 Å². The van der Waals surface area contributed by atoms with Crippen molar-refractivity contribution in [1.29, 1.82) is 0 Å². The van der Waals surface area contributed by atoms with E-state index >= 15 is 0 Å². The fourth-order valence-electron chi connectivity index (χ4n) is 2.06. The highest BCUT2D eigenvalue weighted by Gasteiger charge is 2.23. The van der Waals surface area contributed by atoms with Crippen LogP contribution in [-0.4, -0.2) is 11.5 Å². The maximum Gasteiger partial charge on any atom is 0.127 e. The van der Waals surface area contributed by atoms with Gasteiger partial charge in [-0.25, -0.2) is 9.37 Å². The fraction of sp³-hybridized carbons (Fsp3) is 0.312. The maximum atomic E-state index is 13.9. The van der Waals surface area contributed by atoms with E-state index < -0.39 is 0 Å². The largest absolute Gasteiger partial charge is 0.369 e. The summed E-state index contributed by atoms with van der Waals surface area (Å²) in [5.41, 5.74) is 1.33. The first-order chi connectivity index (χ1) is 9.40. The van der Waals surface area contributed by atoms with Crippen molar-refractivity contribution >= 4 is 21.7 Å². The number of aryl methyl sites for hydroxylation is 1. The number of nitrogens with one attached hydrogen (secondary N) is 1. The summed E-state index contributed by atoms with van der Waals surface area (Å²) >= 11 is 3.43. The summed E-state index contributed by atoms with van der Waals surface area (Å²) in [6.07, 6.45) is 0. The average molecular weight is 337 g/mol. The van der Waals surface area contributed by atoms with Crippen molar-refractivity contribution < 1.29 is 4.39 Å². The van der Waals surface area contributed by atoms with Gasteiger partial charge in [0, 0.05) is 16.4 Å². The highest BCUT2D eigenvalue weighted by Crippen LogP contribution is 2.26. The standard InChI is InChI=1S/C16H18BrFN2/c1-11-13(17)8-9-15(20-11)19-10-16(2,3)12-6-4-5-7-14(12)18/h4-9H,10H2,1-3H3,(H,19,20). The minimum atomic E-state index is -0.312. The first-order valence-corrected chi connectivity index (χ1v) is 7.31. The summed E-state index contributed by atoms with van der Waals surface area (Å²) in [7, 11) is 0. The molecule has 0 saturated heterocycles. The molecule has 0 aliphatic carbocycles. The Balaban J connectivity index is 2.13. The normalized spacial score (nSPS) is 11.4. The van der Waals surface area contributed by atoms with Crippen molar-refractivity contribution in [2.45, 2.75) is 26.2 Å². The number of hydrogen-bond donors (Lipinski definition) is 1. The Kier molecular flexibility index (Phi) is 4.43. The lowest BCUT2D eigenvalue weighted by atomic mass is 9.84. The molecular formula is C16H18BrFN2. The van der Waals surface area contributed by atoms with Crippen LogP contribution in [0.1, 0.15) is 25.1 Å². The molecule has 0 aliphatic rings. The molecule has 0 atom stereocenters. The lowest BCUT2D eigenvalue weighted by molar-refractivity contribution is 0.504. The van der Waals surface area contributed by atoms with E-state index in [1.54, 1.807) is 6.07 Å². The Labute approximate surface area is 127 Å². The molecule has 4 heteroatoms. The van der Waals surface area contributed by atoms with Crippen molar-refractivity contribution in [3.05, 3.63) is 57.9 Å². The first-order valence-electron chi connectivity index (χ1n) is 6.52. The van der Waals surface area contributed by atoms with Crippen LogP contribution in [0.4, 0.5) is 10.2 Å². The number of rotatable bonds is 4. The molecule has 0 bridgehead atoms. The summed E-state index contributed by atoms with van der Waals surface area (Å²) in [4.78, 5) is 4.44. The van der Waals surface area contributed by atoms with Gasteiger partial charge in [0.1, 0.15) is 11.6 Å². The van der Waals surface area contributed by atoms with Crippen LogP contribution in [0.2, 0.25) is 0 Å². The molecule has 20 heavy (non-hydrogen) atoms. The molecule has 106 valence electrons. The van der Waals surface area contributed by atoms with Crippen LogP contribution in [0.25, 0.3) is 0 Å². The van der Waals surface area contributed by atoms with Crippen LogP contribution in [-0.2, 0) is 5.41 Å². The molecule has 0 unspecified atom stereocenters. The van der Waals surface area contributed by atoms with E-state index in [2.05, 4.69) is 26.2 Å². The van der Waals surface area contributed by atoms with Crippen LogP contribution in [0.5, 0.6) is 0 Å². The zero-order valence-corrected chi connectivity index (χ0v) is 13.5. The van der Waals surface area contributed by atoms with Crippen LogP contribution in [0.3, 0.4) is 0 Å². The van der Waals surface area contributed by atoms with Gasteiger partial charge >= 0.3 is 0 Å². The third kappa shape index (κ3) is 3.37. The van der Waals surface area contributed by atoms with Gasteiger partial charge in [-0.1, -0.05) is 32.0 Å². The molecule has 2 rings (SSSR count). The van der Waals surface area contributed by atoms with Gasteiger partial charge in [-0.05, 0) is 46.6 Å². The van der Waals surface area contributed by atoms with E-state index in [-0.39, 0.29) is 11.2 Å². The third-order valence-corrected chi connectivity index (χ3v) is 4.17. The van der Waals surface area contributed by atoms with E-state index in [4.69, 9.17) is 0 Å². The van der Waals surface area contributed by atoms with Crippen molar-refractivity contribution in [3.63, 3.8) is 0 Å². The highest BCUT2D eigenvalue weighted by molar-refractivity contribution is 9.10. The van der Waals surface area contributed by atoms with Gasteiger partial charge in [-0.15, -0.1) is 0 Å². The number of halogens is 2. The summed E-state index contributed by atoms with van der Waals surface area (Å²) < 4.78 is 14.9. The molecule has 2 aromatic rings. The van der Waals surface area contributed by atoms with Crippen molar-refractivity contribution in [2.75, 3.05) is 11.9 Å². The number of aromatic nitrogens is 1. The minimum Gasteiger partial charge on any atom is -0.369 e. The number of nitrogens with zero attached hydrogens (tertiary/aromatic N) is 1. The molecule has 0 aliphatic heterocycles. The average Bonchev–Trinajstić information content (AvgIpc) is 2.40. The fourth-order valence-corrected chi connectivity index (χ4v) is 2.28. The Hall–Kier alpha value is -1.42. The van der Waals surface area contributed by atoms with Gasteiger partial charge in [0.2, 0.25) is 0 Å². The second kappa shape index (κ2) is 5.92. The lowest BCUT2D eigenvalue weighted by Crippen LogP contribution is -2.29. The van der Waals surface area contributed by atoms with Crippen LogP contribution < -0.4 is 5.32 Å². The Morgan fingerprint density at radius 1 is 1.20 bits per heavy atom. The van der Waals surface area contributed by atoms with E-state index in [1.165, 1.54) is 6.07 Å². The SMILES string of the molecule is Cc1nc(NCC(C)(C)c2ccccc2F)ccc1Br. The van der Waals surface area contributed by atoms with Crippen LogP contribution >= 0.6 is 15.9 Å². The monoisotopic (exact) mass is 336 g/mol. The second-order valence-electron chi connectivity index (χ2n) is 5.48. The molecule has 1 heterocycles. The minimum absolute atomic E-state index is 0.167. The number of anilines is 1. The first kappa shape index (κ1) is 15.0. The zero-order valence-electron chi connectivity index (χ0n) is 11.9. The van der Waals surface area contributed by atoms with Gasteiger partial charge < -0.3 is 5.32 Å². The van der Waals surface area contributed by atoms with Crippen molar-refractivity contribution in [1.82, 2.24) is 4.98 Å². The Morgan fingerprint density at radius 2 is 1.90 bits per heavy atom. The Bertz CT molecular complexity index is 611. The quantitative estimate of drug-likeness (QED) is 0.876. The number of hydrogen-bond acceptors (Lipinski definition) is 2. The Morgan fingerprint density at radius 3 is 2.55 bits per heavy atom. The molecule has 0 amide bonds. The van der Waals surface area contributed by atoms with Crippen LogP contribution in [0.15, 0.2) is 40.9 Å². The molecule has 0 radical (unpaired) electrons. The summed E-state index contributed by atoms with van der Waals surface area (Å²) in [6.45, 7) is 6.59. The molecule has 1 aromatic carbocycles.